The highest BCUT2D eigenvalue weighted by Gasteiger charge is 2.10. The molecule has 0 aliphatic heterocycles. The molecule has 0 saturated carbocycles. The first-order valence-corrected chi connectivity index (χ1v) is 5.97. The van der Waals surface area contributed by atoms with Crippen LogP contribution in [0.2, 0.25) is 0 Å². The number of benzene rings is 1. The maximum absolute atomic E-state index is 11.1. The second-order valence-corrected chi connectivity index (χ2v) is 4.62. The molecule has 0 aliphatic rings. The average molecular weight is 311 g/mol. The highest BCUT2D eigenvalue weighted by Crippen LogP contribution is 2.22. The summed E-state index contributed by atoms with van der Waals surface area (Å²) in [7, 11) is 1.83. The monoisotopic (exact) mass is 310 g/mol. The molecule has 0 spiro atoms. The number of aryl methyl sites for hydroxylation is 1. The van der Waals surface area contributed by atoms with Crippen LogP contribution in [-0.2, 0) is 13.6 Å². The quantitative estimate of drug-likeness (QED) is 0.901. The Morgan fingerprint density at radius 3 is 2.94 bits per heavy atom. The van der Waals surface area contributed by atoms with E-state index >= 15 is 0 Å². The number of hydrogen-bond donors (Lipinski definition) is 2. The van der Waals surface area contributed by atoms with E-state index in [2.05, 4.69) is 31.4 Å². The van der Waals surface area contributed by atoms with Gasteiger partial charge in [-0.05, 0) is 18.2 Å². The molecule has 1 aromatic carbocycles. The van der Waals surface area contributed by atoms with Crippen LogP contribution in [-0.4, -0.2) is 25.8 Å². The summed E-state index contributed by atoms with van der Waals surface area (Å²) in [5.74, 6) is -0.241. The fourth-order valence-electron chi connectivity index (χ4n) is 1.49. The number of carboxylic acid groups (broad SMARTS) is 1. The van der Waals surface area contributed by atoms with Crippen LogP contribution in [0.25, 0.3) is 0 Å². The SMILES string of the molecule is Cn1cnnc1CNc1cc(Br)ccc1C(=O)O. The highest BCUT2D eigenvalue weighted by molar-refractivity contribution is 9.10. The van der Waals surface area contributed by atoms with Gasteiger partial charge in [0.05, 0.1) is 17.8 Å². The molecule has 18 heavy (non-hydrogen) atoms. The number of nitrogens with one attached hydrogen (secondary N) is 1. The smallest absolute Gasteiger partial charge is 0.337 e. The van der Waals surface area contributed by atoms with Crippen LogP contribution >= 0.6 is 15.9 Å². The van der Waals surface area contributed by atoms with Crippen molar-refractivity contribution < 1.29 is 9.90 Å². The minimum atomic E-state index is -0.969. The van der Waals surface area contributed by atoms with E-state index in [-0.39, 0.29) is 5.56 Å². The molecule has 94 valence electrons. The minimum Gasteiger partial charge on any atom is -0.478 e. The Labute approximate surface area is 112 Å². The molecule has 0 fully saturated rings. The zero-order chi connectivity index (χ0) is 13.1. The summed E-state index contributed by atoms with van der Waals surface area (Å²) in [6, 6.07) is 4.96. The number of aromatic carboxylic acids is 1. The third kappa shape index (κ3) is 2.67. The van der Waals surface area contributed by atoms with Crippen LogP contribution in [0.15, 0.2) is 29.0 Å². The summed E-state index contributed by atoms with van der Waals surface area (Å²) in [5.41, 5.74) is 0.764. The normalized spacial score (nSPS) is 10.3. The first-order chi connectivity index (χ1) is 8.58. The highest BCUT2D eigenvalue weighted by atomic mass is 79.9. The van der Waals surface area contributed by atoms with E-state index in [1.807, 2.05) is 7.05 Å². The summed E-state index contributed by atoms with van der Waals surface area (Å²) >= 11 is 3.31. The van der Waals surface area contributed by atoms with E-state index in [1.165, 1.54) is 0 Å². The lowest BCUT2D eigenvalue weighted by atomic mass is 10.2. The van der Waals surface area contributed by atoms with Gasteiger partial charge in [0.2, 0.25) is 0 Å². The van der Waals surface area contributed by atoms with Crippen molar-refractivity contribution in [1.29, 1.82) is 0 Å². The number of hydrogen-bond acceptors (Lipinski definition) is 4. The van der Waals surface area contributed by atoms with Gasteiger partial charge in [-0.25, -0.2) is 4.79 Å². The molecule has 6 nitrogen and oxygen atoms in total. The number of anilines is 1. The Hall–Kier alpha value is -1.89. The van der Waals surface area contributed by atoms with Crippen molar-refractivity contribution in [2.24, 2.45) is 7.05 Å². The van der Waals surface area contributed by atoms with Crippen LogP contribution in [0.4, 0.5) is 5.69 Å². The average Bonchev–Trinajstić information content (AvgIpc) is 2.72. The summed E-state index contributed by atoms with van der Waals surface area (Å²) in [4.78, 5) is 11.1. The van der Waals surface area contributed by atoms with Crippen molar-refractivity contribution in [3.05, 3.63) is 40.4 Å². The molecule has 2 rings (SSSR count). The topological polar surface area (TPSA) is 80.0 Å². The van der Waals surface area contributed by atoms with Crippen LogP contribution < -0.4 is 5.32 Å². The predicted molar refractivity (Wildman–Crippen MR) is 69.4 cm³/mol. The number of carbonyl (C=O) groups is 1. The molecule has 7 heteroatoms. The van der Waals surface area contributed by atoms with Gasteiger partial charge < -0.3 is 15.0 Å². The summed E-state index contributed by atoms with van der Waals surface area (Å²) in [5, 5.41) is 19.8. The Kier molecular flexibility index (Phi) is 3.61. The second-order valence-electron chi connectivity index (χ2n) is 3.71. The molecule has 0 atom stereocenters. The van der Waals surface area contributed by atoms with E-state index in [9.17, 15) is 4.79 Å². The van der Waals surface area contributed by atoms with Gasteiger partial charge in [-0.2, -0.15) is 0 Å². The van der Waals surface area contributed by atoms with E-state index in [4.69, 9.17) is 5.11 Å². The molecule has 0 unspecified atom stereocenters. The molecule has 1 aromatic heterocycles. The molecule has 2 N–H and O–H groups in total. The first-order valence-electron chi connectivity index (χ1n) is 5.17. The number of aromatic nitrogens is 3. The maximum Gasteiger partial charge on any atom is 0.337 e. The molecule has 0 amide bonds. The molecule has 2 aromatic rings. The van der Waals surface area contributed by atoms with Crippen LogP contribution in [0, 0.1) is 0 Å². The van der Waals surface area contributed by atoms with Crippen LogP contribution in [0.3, 0.4) is 0 Å². The second kappa shape index (κ2) is 5.18. The zero-order valence-corrected chi connectivity index (χ0v) is 11.2. The van der Waals surface area contributed by atoms with E-state index < -0.39 is 5.97 Å². The molecular formula is C11H11BrN4O2. The Balaban J connectivity index is 2.20. The molecule has 0 aliphatic carbocycles. The molecule has 0 radical (unpaired) electrons. The fourth-order valence-corrected chi connectivity index (χ4v) is 1.85. The van der Waals surface area contributed by atoms with Gasteiger partial charge in [-0.3, -0.25) is 0 Å². The summed E-state index contributed by atoms with van der Waals surface area (Å²) in [6.45, 7) is 0.410. The Morgan fingerprint density at radius 1 is 1.56 bits per heavy atom. The van der Waals surface area contributed by atoms with Gasteiger partial charge in [0.15, 0.2) is 5.82 Å². The lowest BCUT2D eigenvalue weighted by Gasteiger charge is -2.09. The lowest BCUT2D eigenvalue weighted by Crippen LogP contribution is -2.09. The van der Waals surface area contributed by atoms with Crippen molar-refractivity contribution in [2.75, 3.05) is 5.32 Å². The van der Waals surface area contributed by atoms with Crippen molar-refractivity contribution in [3.63, 3.8) is 0 Å². The molecule has 0 bridgehead atoms. The molecular weight excluding hydrogens is 300 g/mol. The number of rotatable bonds is 4. The largest absolute Gasteiger partial charge is 0.478 e. The van der Waals surface area contributed by atoms with Gasteiger partial charge in [0.25, 0.3) is 0 Å². The van der Waals surface area contributed by atoms with E-state index in [1.54, 1.807) is 29.1 Å². The summed E-state index contributed by atoms with van der Waals surface area (Å²) in [6.07, 6.45) is 1.59. The van der Waals surface area contributed by atoms with Crippen molar-refractivity contribution in [1.82, 2.24) is 14.8 Å². The number of halogens is 1. The van der Waals surface area contributed by atoms with Gasteiger partial charge >= 0.3 is 5.97 Å². The third-order valence-electron chi connectivity index (χ3n) is 2.45. The maximum atomic E-state index is 11.1. The number of carboxylic acids is 1. The van der Waals surface area contributed by atoms with E-state index in [0.29, 0.717) is 12.2 Å². The Bertz CT molecular complexity index is 582. The molecule has 0 saturated heterocycles. The number of nitrogens with zero attached hydrogens (tertiary/aromatic N) is 3. The van der Waals surface area contributed by atoms with Crippen molar-refractivity contribution in [3.8, 4) is 0 Å². The Morgan fingerprint density at radius 2 is 2.33 bits per heavy atom. The lowest BCUT2D eigenvalue weighted by molar-refractivity contribution is 0.0698. The van der Waals surface area contributed by atoms with Gasteiger partial charge in [0, 0.05) is 11.5 Å². The predicted octanol–water partition coefficient (Wildman–Crippen LogP) is 1.89. The van der Waals surface area contributed by atoms with Crippen molar-refractivity contribution in [2.45, 2.75) is 6.54 Å². The minimum absolute atomic E-state index is 0.223. The van der Waals surface area contributed by atoms with Gasteiger partial charge in [0.1, 0.15) is 6.33 Å². The third-order valence-corrected chi connectivity index (χ3v) is 2.95. The van der Waals surface area contributed by atoms with Crippen LogP contribution in [0.1, 0.15) is 16.2 Å². The van der Waals surface area contributed by atoms with Gasteiger partial charge in [-0.1, -0.05) is 15.9 Å². The summed E-state index contributed by atoms with van der Waals surface area (Å²) < 4.78 is 2.58. The zero-order valence-electron chi connectivity index (χ0n) is 9.59. The molecule has 1 heterocycles. The van der Waals surface area contributed by atoms with Crippen molar-refractivity contribution >= 4 is 27.6 Å². The standard InChI is InChI=1S/C11H11BrN4O2/c1-16-6-14-15-10(16)5-13-9-4-7(12)2-3-8(9)11(17)18/h2-4,6,13H,5H2,1H3,(H,17,18). The fraction of sp³-hybridized carbons (Fsp3) is 0.182. The van der Waals surface area contributed by atoms with Gasteiger partial charge in [-0.15, -0.1) is 10.2 Å². The van der Waals surface area contributed by atoms with E-state index in [0.717, 1.165) is 10.3 Å². The first kappa shape index (κ1) is 12.6. The van der Waals surface area contributed by atoms with Crippen LogP contribution in [0.5, 0.6) is 0 Å².